The summed E-state index contributed by atoms with van der Waals surface area (Å²) in [6.07, 6.45) is -0.0542. The molecule has 1 aromatic carbocycles. The fourth-order valence-electron chi connectivity index (χ4n) is 2.55. The standard InChI is InChI=1S/C17H20N2O4/c1-10-6-4-5-7-13(10)15(9-17(21)22)18-16(20)8-14-11(2)19-23-12(14)3/h4-7,15H,8-9H2,1-3H3,(H,18,20)(H,21,22). The molecule has 0 aliphatic carbocycles. The van der Waals surface area contributed by atoms with E-state index in [0.717, 1.165) is 16.7 Å². The Labute approximate surface area is 134 Å². The lowest BCUT2D eigenvalue weighted by Crippen LogP contribution is -2.32. The van der Waals surface area contributed by atoms with E-state index in [1.54, 1.807) is 13.8 Å². The lowest BCUT2D eigenvalue weighted by molar-refractivity contribution is -0.137. The first-order valence-electron chi connectivity index (χ1n) is 7.37. The number of carboxylic acids is 1. The van der Waals surface area contributed by atoms with Crippen LogP contribution in [0.4, 0.5) is 0 Å². The predicted molar refractivity (Wildman–Crippen MR) is 84.0 cm³/mol. The first-order valence-corrected chi connectivity index (χ1v) is 7.37. The van der Waals surface area contributed by atoms with Crippen molar-refractivity contribution in [1.82, 2.24) is 10.5 Å². The van der Waals surface area contributed by atoms with E-state index in [0.29, 0.717) is 11.5 Å². The van der Waals surface area contributed by atoms with Gasteiger partial charge in [0.15, 0.2) is 0 Å². The molecule has 1 unspecified atom stereocenters. The van der Waals surface area contributed by atoms with Crippen molar-refractivity contribution in [2.24, 2.45) is 0 Å². The van der Waals surface area contributed by atoms with E-state index >= 15 is 0 Å². The number of amides is 1. The van der Waals surface area contributed by atoms with E-state index in [9.17, 15) is 9.59 Å². The van der Waals surface area contributed by atoms with Crippen LogP contribution in [0.25, 0.3) is 0 Å². The fourth-order valence-corrected chi connectivity index (χ4v) is 2.55. The van der Waals surface area contributed by atoms with Crippen molar-refractivity contribution in [1.29, 1.82) is 0 Å². The van der Waals surface area contributed by atoms with Crippen LogP contribution in [0.15, 0.2) is 28.8 Å². The van der Waals surface area contributed by atoms with Crippen molar-refractivity contribution in [2.75, 3.05) is 0 Å². The Hall–Kier alpha value is -2.63. The molecule has 1 amide bonds. The van der Waals surface area contributed by atoms with E-state index < -0.39 is 12.0 Å². The number of hydrogen-bond acceptors (Lipinski definition) is 4. The summed E-state index contributed by atoms with van der Waals surface area (Å²) in [7, 11) is 0. The molecule has 1 aromatic heterocycles. The van der Waals surface area contributed by atoms with Crippen LogP contribution in [-0.4, -0.2) is 22.1 Å². The number of aliphatic carboxylic acids is 1. The highest BCUT2D eigenvalue weighted by Crippen LogP contribution is 2.21. The van der Waals surface area contributed by atoms with Crippen molar-refractivity contribution in [2.45, 2.75) is 39.7 Å². The summed E-state index contributed by atoms with van der Waals surface area (Å²) in [5.74, 6) is -0.617. The Balaban J connectivity index is 2.16. The molecule has 0 radical (unpaired) electrons. The number of rotatable bonds is 6. The van der Waals surface area contributed by atoms with Crippen LogP contribution in [0.2, 0.25) is 0 Å². The van der Waals surface area contributed by atoms with Crippen LogP contribution in [0.1, 0.15) is 40.6 Å². The number of benzene rings is 1. The normalized spacial score (nSPS) is 12.0. The molecule has 0 bridgehead atoms. The zero-order valence-corrected chi connectivity index (χ0v) is 13.4. The van der Waals surface area contributed by atoms with Gasteiger partial charge in [0.2, 0.25) is 5.91 Å². The summed E-state index contributed by atoms with van der Waals surface area (Å²) in [6, 6.07) is 6.87. The zero-order valence-electron chi connectivity index (χ0n) is 13.4. The third kappa shape index (κ3) is 4.18. The summed E-state index contributed by atoms with van der Waals surface area (Å²) in [5, 5.41) is 15.7. The van der Waals surface area contributed by atoms with Crippen LogP contribution in [0.3, 0.4) is 0 Å². The van der Waals surface area contributed by atoms with Crippen molar-refractivity contribution in [3.8, 4) is 0 Å². The van der Waals surface area contributed by atoms with E-state index in [1.165, 1.54) is 0 Å². The fraction of sp³-hybridized carbons (Fsp3) is 0.353. The number of hydrogen-bond donors (Lipinski definition) is 2. The van der Waals surface area contributed by atoms with Gasteiger partial charge in [0.1, 0.15) is 5.76 Å². The molecule has 1 atom stereocenters. The highest BCUT2D eigenvalue weighted by Gasteiger charge is 2.21. The minimum Gasteiger partial charge on any atom is -0.481 e. The van der Waals surface area contributed by atoms with Gasteiger partial charge in [-0.25, -0.2) is 0 Å². The minimum atomic E-state index is -0.962. The molecular formula is C17H20N2O4. The van der Waals surface area contributed by atoms with Gasteiger partial charge in [0.25, 0.3) is 0 Å². The molecular weight excluding hydrogens is 296 g/mol. The molecule has 0 saturated carbocycles. The Morgan fingerprint density at radius 3 is 2.52 bits per heavy atom. The third-order valence-corrected chi connectivity index (χ3v) is 3.80. The molecule has 6 heteroatoms. The molecule has 0 aliphatic heterocycles. The highest BCUT2D eigenvalue weighted by atomic mass is 16.5. The number of nitrogens with one attached hydrogen (secondary N) is 1. The maximum atomic E-state index is 12.3. The van der Waals surface area contributed by atoms with Crippen LogP contribution in [-0.2, 0) is 16.0 Å². The Bertz CT molecular complexity index is 702. The quantitative estimate of drug-likeness (QED) is 0.854. The number of aromatic nitrogens is 1. The first kappa shape index (κ1) is 16.7. The molecule has 0 saturated heterocycles. The lowest BCUT2D eigenvalue weighted by atomic mass is 9.98. The molecule has 0 aliphatic rings. The number of carbonyl (C=O) groups is 2. The number of carboxylic acid groups (broad SMARTS) is 1. The molecule has 0 fully saturated rings. The number of carbonyl (C=O) groups excluding carboxylic acids is 1. The number of aryl methyl sites for hydroxylation is 3. The molecule has 2 aromatic rings. The van der Waals surface area contributed by atoms with Crippen molar-refractivity contribution in [3.63, 3.8) is 0 Å². The van der Waals surface area contributed by atoms with Crippen LogP contribution in [0, 0.1) is 20.8 Å². The van der Waals surface area contributed by atoms with Crippen molar-refractivity contribution >= 4 is 11.9 Å². The Morgan fingerprint density at radius 1 is 1.26 bits per heavy atom. The molecule has 1 heterocycles. The average molecular weight is 316 g/mol. The molecule has 122 valence electrons. The van der Waals surface area contributed by atoms with E-state index in [-0.39, 0.29) is 18.7 Å². The predicted octanol–water partition coefficient (Wildman–Crippen LogP) is 2.47. The van der Waals surface area contributed by atoms with Crippen LogP contribution < -0.4 is 5.32 Å². The molecule has 0 spiro atoms. The van der Waals surface area contributed by atoms with Crippen LogP contribution >= 0.6 is 0 Å². The topological polar surface area (TPSA) is 92.4 Å². The van der Waals surface area contributed by atoms with E-state index in [2.05, 4.69) is 10.5 Å². The second kappa shape index (κ2) is 7.09. The van der Waals surface area contributed by atoms with E-state index in [4.69, 9.17) is 9.63 Å². The SMILES string of the molecule is Cc1ccccc1C(CC(=O)O)NC(=O)Cc1c(C)noc1C. The van der Waals surface area contributed by atoms with E-state index in [1.807, 2.05) is 31.2 Å². The molecule has 2 N–H and O–H groups in total. The van der Waals surface area contributed by atoms with Crippen molar-refractivity contribution < 1.29 is 19.2 Å². The smallest absolute Gasteiger partial charge is 0.305 e. The largest absolute Gasteiger partial charge is 0.481 e. The maximum Gasteiger partial charge on any atom is 0.305 e. The van der Waals surface area contributed by atoms with Gasteiger partial charge in [0.05, 0.1) is 24.6 Å². The first-order chi connectivity index (χ1) is 10.9. The van der Waals surface area contributed by atoms with Crippen LogP contribution in [0.5, 0.6) is 0 Å². The second-order valence-corrected chi connectivity index (χ2v) is 5.55. The van der Waals surface area contributed by atoms with Gasteiger partial charge < -0.3 is 14.9 Å². The van der Waals surface area contributed by atoms with Gasteiger partial charge >= 0.3 is 5.97 Å². The monoisotopic (exact) mass is 316 g/mol. The average Bonchev–Trinajstić information content (AvgIpc) is 2.78. The third-order valence-electron chi connectivity index (χ3n) is 3.80. The minimum absolute atomic E-state index is 0.114. The zero-order chi connectivity index (χ0) is 17.0. The summed E-state index contributed by atoms with van der Waals surface area (Å²) >= 11 is 0. The number of nitrogens with zero attached hydrogens (tertiary/aromatic N) is 1. The molecule has 2 rings (SSSR count). The summed E-state index contributed by atoms with van der Waals surface area (Å²) in [4.78, 5) is 23.4. The van der Waals surface area contributed by atoms with Gasteiger partial charge in [-0.05, 0) is 31.9 Å². The van der Waals surface area contributed by atoms with Gasteiger partial charge in [-0.2, -0.15) is 0 Å². The molecule has 6 nitrogen and oxygen atoms in total. The van der Waals surface area contributed by atoms with Crippen molar-refractivity contribution in [3.05, 3.63) is 52.4 Å². The second-order valence-electron chi connectivity index (χ2n) is 5.55. The van der Waals surface area contributed by atoms with Gasteiger partial charge in [-0.1, -0.05) is 29.4 Å². The van der Waals surface area contributed by atoms with Gasteiger partial charge in [-0.3, -0.25) is 9.59 Å². The lowest BCUT2D eigenvalue weighted by Gasteiger charge is -2.19. The van der Waals surface area contributed by atoms with Gasteiger partial charge in [-0.15, -0.1) is 0 Å². The summed E-state index contributed by atoms with van der Waals surface area (Å²) in [5.41, 5.74) is 3.16. The molecule has 23 heavy (non-hydrogen) atoms. The summed E-state index contributed by atoms with van der Waals surface area (Å²) in [6.45, 7) is 5.42. The summed E-state index contributed by atoms with van der Waals surface area (Å²) < 4.78 is 5.05. The maximum absolute atomic E-state index is 12.3. The highest BCUT2D eigenvalue weighted by molar-refractivity contribution is 5.80. The Kier molecular flexibility index (Phi) is 5.16. The van der Waals surface area contributed by atoms with Gasteiger partial charge in [0, 0.05) is 5.56 Å². The Morgan fingerprint density at radius 2 is 1.96 bits per heavy atom.